The summed E-state index contributed by atoms with van der Waals surface area (Å²) in [6, 6.07) is 11.5. The van der Waals surface area contributed by atoms with Crippen LogP contribution in [0.4, 0.5) is 0 Å². The molecule has 132 valence electrons. The lowest BCUT2D eigenvalue weighted by Gasteiger charge is -2.16. The second-order valence-corrected chi connectivity index (χ2v) is 7.33. The average Bonchev–Trinajstić information content (AvgIpc) is 3.36. The lowest BCUT2D eigenvalue weighted by molar-refractivity contribution is 0.0479. The lowest BCUT2D eigenvalue weighted by atomic mass is 9.90. The number of ether oxygens (including phenoxy) is 1. The number of aromatic nitrogens is 1. The molecule has 0 unspecified atom stereocenters. The van der Waals surface area contributed by atoms with E-state index in [1.807, 2.05) is 58.7 Å². The topological polar surface area (TPSA) is 48.3 Å². The van der Waals surface area contributed by atoms with Crippen LogP contribution < -0.4 is 0 Å². The van der Waals surface area contributed by atoms with E-state index in [9.17, 15) is 9.59 Å². The second kappa shape index (κ2) is 7.30. The Morgan fingerprint density at radius 1 is 1.04 bits per heavy atom. The first-order chi connectivity index (χ1) is 12.7. The van der Waals surface area contributed by atoms with Crippen LogP contribution in [0.3, 0.4) is 0 Å². The summed E-state index contributed by atoms with van der Waals surface area (Å²) < 4.78 is 7.15. The Morgan fingerprint density at radius 3 is 2.62 bits per heavy atom. The Kier molecular flexibility index (Phi) is 4.71. The van der Waals surface area contributed by atoms with Crippen molar-refractivity contribution in [3.05, 3.63) is 75.7 Å². The summed E-state index contributed by atoms with van der Waals surface area (Å²) in [6.45, 7) is -0.235. The first kappa shape index (κ1) is 16.8. The van der Waals surface area contributed by atoms with Gasteiger partial charge >= 0.3 is 5.97 Å². The Bertz CT molecular complexity index is 940. The summed E-state index contributed by atoms with van der Waals surface area (Å²) in [5.41, 5.74) is 3.97. The van der Waals surface area contributed by atoms with E-state index in [1.165, 1.54) is 35.3 Å². The Balaban J connectivity index is 1.44. The lowest BCUT2D eigenvalue weighted by Crippen LogP contribution is -2.15. The highest BCUT2D eigenvalue weighted by Gasteiger charge is 2.18. The number of hydrogen-bond acceptors (Lipinski definition) is 4. The zero-order chi connectivity index (χ0) is 17.9. The molecule has 4 rings (SSSR count). The minimum Gasteiger partial charge on any atom is -0.453 e. The molecule has 4 nitrogen and oxygen atoms in total. The smallest absolute Gasteiger partial charge is 0.350 e. The van der Waals surface area contributed by atoms with Gasteiger partial charge in [-0.1, -0.05) is 12.1 Å². The summed E-state index contributed by atoms with van der Waals surface area (Å²) in [4.78, 5) is 25.4. The summed E-state index contributed by atoms with van der Waals surface area (Å²) in [5, 5.41) is 1.84. The van der Waals surface area contributed by atoms with Gasteiger partial charge in [-0.25, -0.2) is 4.79 Å². The SMILES string of the molecule is O=C(COC(=O)c1sccc1-n1cccc1)c1ccc2c(c1)CCCC2. The van der Waals surface area contributed by atoms with Crippen LogP contribution in [0.25, 0.3) is 5.69 Å². The number of ketones is 1. The number of hydrogen-bond donors (Lipinski definition) is 0. The Morgan fingerprint density at radius 2 is 1.81 bits per heavy atom. The predicted octanol–water partition coefficient (Wildman–Crippen LogP) is 4.46. The van der Waals surface area contributed by atoms with E-state index in [2.05, 4.69) is 0 Å². The van der Waals surface area contributed by atoms with E-state index >= 15 is 0 Å². The number of nitrogens with zero attached hydrogens (tertiary/aromatic N) is 1. The fourth-order valence-corrected chi connectivity index (χ4v) is 4.12. The van der Waals surface area contributed by atoms with Gasteiger partial charge in [0.1, 0.15) is 4.88 Å². The monoisotopic (exact) mass is 365 g/mol. The number of thiophene rings is 1. The zero-order valence-electron chi connectivity index (χ0n) is 14.3. The van der Waals surface area contributed by atoms with Crippen molar-refractivity contribution < 1.29 is 14.3 Å². The van der Waals surface area contributed by atoms with Crippen molar-refractivity contribution in [2.45, 2.75) is 25.7 Å². The van der Waals surface area contributed by atoms with Crippen LogP contribution in [0.1, 0.15) is 44.0 Å². The highest BCUT2D eigenvalue weighted by Crippen LogP contribution is 2.24. The van der Waals surface area contributed by atoms with Gasteiger partial charge in [-0.2, -0.15) is 0 Å². The van der Waals surface area contributed by atoms with Crippen molar-refractivity contribution in [1.29, 1.82) is 0 Å². The van der Waals surface area contributed by atoms with Crippen molar-refractivity contribution in [2.75, 3.05) is 6.61 Å². The molecule has 1 aliphatic carbocycles. The molecule has 3 aromatic rings. The number of aryl methyl sites for hydroxylation is 2. The number of fused-ring (bicyclic) bond motifs is 1. The maximum atomic E-state index is 12.4. The number of carbonyl (C=O) groups excluding carboxylic acids is 2. The van der Waals surface area contributed by atoms with Crippen LogP contribution in [0.15, 0.2) is 54.2 Å². The van der Waals surface area contributed by atoms with Crippen LogP contribution in [0.2, 0.25) is 0 Å². The number of carbonyl (C=O) groups is 2. The first-order valence-corrected chi connectivity index (χ1v) is 9.63. The molecule has 0 atom stereocenters. The minimum absolute atomic E-state index is 0.161. The summed E-state index contributed by atoms with van der Waals surface area (Å²) in [5.74, 6) is -0.624. The minimum atomic E-state index is -0.463. The normalized spacial score (nSPS) is 13.2. The van der Waals surface area contributed by atoms with Crippen LogP contribution in [-0.4, -0.2) is 22.9 Å². The van der Waals surface area contributed by atoms with Crippen LogP contribution in [0, 0.1) is 0 Å². The number of Topliss-reactive ketones (excluding diaryl/α,β-unsaturated/α-hetero) is 1. The second-order valence-electron chi connectivity index (χ2n) is 6.42. The number of rotatable bonds is 5. The van der Waals surface area contributed by atoms with Gasteiger partial charge in [-0.15, -0.1) is 11.3 Å². The summed E-state index contributed by atoms with van der Waals surface area (Å²) >= 11 is 1.32. The first-order valence-electron chi connectivity index (χ1n) is 8.75. The van der Waals surface area contributed by atoms with Crippen molar-refractivity contribution >= 4 is 23.1 Å². The molecule has 0 radical (unpaired) electrons. The fraction of sp³-hybridized carbons (Fsp3) is 0.238. The summed E-state index contributed by atoms with van der Waals surface area (Å²) in [7, 11) is 0. The maximum absolute atomic E-state index is 12.4. The van der Waals surface area contributed by atoms with E-state index in [4.69, 9.17) is 4.74 Å². The van der Waals surface area contributed by atoms with Crippen molar-refractivity contribution in [3.8, 4) is 5.69 Å². The summed E-state index contributed by atoms with van der Waals surface area (Å²) in [6.07, 6.45) is 8.22. The van der Waals surface area contributed by atoms with Gasteiger partial charge in [0.15, 0.2) is 12.4 Å². The Hall–Kier alpha value is -2.66. The molecule has 0 spiro atoms. The molecular formula is C21H19NO3S. The quantitative estimate of drug-likeness (QED) is 0.495. The van der Waals surface area contributed by atoms with E-state index in [1.54, 1.807) is 0 Å². The highest BCUT2D eigenvalue weighted by atomic mass is 32.1. The molecule has 2 aromatic heterocycles. The van der Waals surface area contributed by atoms with Crippen molar-refractivity contribution in [2.24, 2.45) is 0 Å². The third-order valence-electron chi connectivity index (χ3n) is 4.72. The molecule has 0 fully saturated rings. The molecule has 0 bridgehead atoms. The molecule has 2 heterocycles. The van der Waals surface area contributed by atoms with E-state index in [-0.39, 0.29) is 12.4 Å². The van der Waals surface area contributed by atoms with Gasteiger partial charge in [0.05, 0.1) is 5.69 Å². The standard InChI is InChI=1S/C21H19NO3S/c23-19(17-8-7-15-5-1-2-6-16(15)13-17)14-25-21(24)20-18(9-12-26-20)22-10-3-4-11-22/h3-4,7-13H,1-2,5-6,14H2. The van der Waals surface area contributed by atoms with Crippen LogP contribution in [0.5, 0.6) is 0 Å². The van der Waals surface area contributed by atoms with Crippen LogP contribution >= 0.6 is 11.3 Å². The van der Waals surface area contributed by atoms with Gasteiger partial charge < -0.3 is 9.30 Å². The molecule has 1 aliphatic rings. The molecule has 0 amide bonds. The van der Waals surface area contributed by atoms with Gasteiger partial charge in [-0.3, -0.25) is 4.79 Å². The molecule has 5 heteroatoms. The molecule has 26 heavy (non-hydrogen) atoms. The highest BCUT2D eigenvalue weighted by molar-refractivity contribution is 7.12. The van der Waals surface area contributed by atoms with E-state index in [0.29, 0.717) is 10.4 Å². The molecular weight excluding hydrogens is 346 g/mol. The van der Waals surface area contributed by atoms with Crippen LogP contribution in [-0.2, 0) is 17.6 Å². The zero-order valence-corrected chi connectivity index (χ0v) is 15.1. The van der Waals surface area contributed by atoms with Crippen molar-refractivity contribution in [3.63, 3.8) is 0 Å². The van der Waals surface area contributed by atoms with Gasteiger partial charge in [0.25, 0.3) is 0 Å². The number of esters is 1. The maximum Gasteiger partial charge on any atom is 0.350 e. The molecule has 1 aromatic carbocycles. The third-order valence-corrected chi connectivity index (χ3v) is 5.60. The van der Waals surface area contributed by atoms with Gasteiger partial charge in [-0.05, 0) is 66.5 Å². The fourth-order valence-electron chi connectivity index (χ4n) is 3.34. The van der Waals surface area contributed by atoms with Gasteiger partial charge in [0.2, 0.25) is 0 Å². The van der Waals surface area contributed by atoms with Gasteiger partial charge in [0, 0.05) is 18.0 Å². The third kappa shape index (κ3) is 3.35. The average molecular weight is 365 g/mol. The molecule has 0 aliphatic heterocycles. The predicted molar refractivity (Wildman–Crippen MR) is 101 cm³/mol. The molecule has 0 saturated carbocycles. The molecule has 0 N–H and O–H groups in total. The number of benzene rings is 1. The van der Waals surface area contributed by atoms with E-state index < -0.39 is 5.97 Å². The molecule has 0 saturated heterocycles. The Labute approximate surface area is 156 Å². The largest absolute Gasteiger partial charge is 0.453 e. The van der Waals surface area contributed by atoms with E-state index in [0.717, 1.165) is 18.5 Å². The van der Waals surface area contributed by atoms with Crippen molar-refractivity contribution in [1.82, 2.24) is 4.57 Å².